The SMILES string of the molecule is COc1cc(-n2c(-c3ccc(Cl)cc3)nc3ccccc32)cc(OC)c1OC. The fourth-order valence-electron chi connectivity index (χ4n) is 3.28. The minimum Gasteiger partial charge on any atom is -0.493 e. The molecule has 5 nitrogen and oxygen atoms in total. The van der Waals surface area contributed by atoms with Gasteiger partial charge in [0, 0.05) is 22.7 Å². The Morgan fingerprint density at radius 1 is 0.821 bits per heavy atom. The minimum absolute atomic E-state index is 0.547. The summed E-state index contributed by atoms with van der Waals surface area (Å²) in [4.78, 5) is 4.85. The largest absolute Gasteiger partial charge is 0.493 e. The molecule has 28 heavy (non-hydrogen) atoms. The van der Waals surface area contributed by atoms with Crippen LogP contribution in [-0.2, 0) is 0 Å². The van der Waals surface area contributed by atoms with E-state index in [-0.39, 0.29) is 0 Å². The predicted molar refractivity (Wildman–Crippen MR) is 111 cm³/mol. The van der Waals surface area contributed by atoms with Crippen LogP contribution in [-0.4, -0.2) is 30.9 Å². The first-order valence-corrected chi connectivity index (χ1v) is 9.08. The number of fused-ring (bicyclic) bond motifs is 1. The lowest BCUT2D eigenvalue weighted by atomic mass is 10.2. The molecule has 0 saturated carbocycles. The minimum atomic E-state index is 0.547. The lowest BCUT2D eigenvalue weighted by Crippen LogP contribution is -2.01. The lowest BCUT2D eigenvalue weighted by Gasteiger charge is -2.16. The van der Waals surface area contributed by atoms with Gasteiger partial charge in [-0.2, -0.15) is 0 Å². The number of hydrogen-bond acceptors (Lipinski definition) is 4. The quantitative estimate of drug-likeness (QED) is 0.456. The number of rotatable bonds is 5. The van der Waals surface area contributed by atoms with E-state index < -0.39 is 0 Å². The topological polar surface area (TPSA) is 45.5 Å². The van der Waals surface area contributed by atoms with Crippen LogP contribution < -0.4 is 14.2 Å². The van der Waals surface area contributed by atoms with Crippen LogP contribution in [0.5, 0.6) is 17.2 Å². The molecule has 3 aromatic carbocycles. The summed E-state index contributed by atoms with van der Waals surface area (Å²) in [6, 6.07) is 19.4. The number of benzene rings is 3. The molecule has 0 atom stereocenters. The second kappa shape index (κ2) is 7.44. The van der Waals surface area contributed by atoms with Crippen LogP contribution in [0.3, 0.4) is 0 Å². The zero-order chi connectivity index (χ0) is 19.7. The second-order valence-electron chi connectivity index (χ2n) is 6.15. The Hall–Kier alpha value is -3.18. The predicted octanol–water partition coefficient (Wildman–Crippen LogP) is 5.37. The first-order chi connectivity index (χ1) is 13.7. The van der Waals surface area contributed by atoms with Gasteiger partial charge in [0.25, 0.3) is 0 Å². The van der Waals surface area contributed by atoms with Gasteiger partial charge in [-0.25, -0.2) is 4.98 Å². The highest BCUT2D eigenvalue weighted by atomic mass is 35.5. The summed E-state index contributed by atoms with van der Waals surface area (Å²) in [7, 11) is 4.80. The van der Waals surface area contributed by atoms with E-state index in [1.54, 1.807) is 21.3 Å². The molecule has 1 heterocycles. The molecule has 0 radical (unpaired) electrons. The molecule has 0 aliphatic carbocycles. The maximum Gasteiger partial charge on any atom is 0.203 e. The van der Waals surface area contributed by atoms with Gasteiger partial charge in [0.2, 0.25) is 5.75 Å². The summed E-state index contributed by atoms with van der Waals surface area (Å²) >= 11 is 6.07. The Bertz CT molecular complexity index is 1110. The molecule has 6 heteroatoms. The summed E-state index contributed by atoms with van der Waals surface area (Å²) in [5, 5.41) is 0.680. The summed E-state index contributed by atoms with van der Waals surface area (Å²) in [5.74, 6) is 2.51. The Morgan fingerprint density at radius 3 is 2.07 bits per heavy atom. The van der Waals surface area contributed by atoms with Gasteiger partial charge >= 0.3 is 0 Å². The van der Waals surface area contributed by atoms with Crippen LogP contribution in [0.1, 0.15) is 0 Å². The Balaban J connectivity index is 2.03. The standard InChI is InChI=1S/C22H19ClN2O3/c1-26-19-12-16(13-20(27-2)21(19)28-3)25-18-7-5-4-6-17(18)24-22(25)14-8-10-15(23)11-9-14/h4-13H,1-3H3. The Labute approximate surface area is 168 Å². The molecule has 0 saturated heterocycles. The molecule has 1 aromatic heterocycles. The van der Waals surface area contributed by atoms with E-state index in [0.29, 0.717) is 22.3 Å². The average Bonchev–Trinajstić information content (AvgIpc) is 3.12. The van der Waals surface area contributed by atoms with E-state index in [0.717, 1.165) is 28.1 Å². The molecule has 0 bridgehead atoms. The van der Waals surface area contributed by atoms with Crippen LogP contribution in [0.2, 0.25) is 5.02 Å². The van der Waals surface area contributed by atoms with Crippen molar-refractivity contribution in [2.45, 2.75) is 0 Å². The molecule has 0 aliphatic heterocycles. The smallest absolute Gasteiger partial charge is 0.203 e. The molecular weight excluding hydrogens is 376 g/mol. The first kappa shape index (κ1) is 18.2. The molecule has 142 valence electrons. The molecule has 0 fully saturated rings. The third-order valence-electron chi connectivity index (χ3n) is 4.57. The Kier molecular flexibility index (Phi) is 4.84. The van der Waals surface area contributed by atoms with Gasteiger partial charge in [-0.15, -0.1) is 0 Å². The van der Waals surface area contributed by atoms with Crippen molar-refractivity contribution in [2.75, 3.05) is 21.3 Å². The number of methoxy groups -OCH3 is 3. The molecule has 0 aliphatic rings. The highest BCUT2D eigenvalue weighted by Gasteiger charge is 2.19. The van der Waals surface area contributed by atoms with E-state index in [9.17, 15) is 0 Å². The highest BCUT2D eigenvalue weighted by Crippen LogP contribution is 2.41. The number of imidazole rings is 1. The van der Waals surface area contributed by atoms with Crippen molar-refractivity contribution >= 4 is 22.6 Å². The summed E-state index contributed by atoms with van der Waals surface area (Å²) in [6.07, 6.45) is 0. The fraction of sp³-hybridized carbons (Fsp3) is 0.136. The van der Waals surface area contributed by atoms with E-state index in [4.69, 9.17) is 30.8 Å². The third-order valence-corrected chi connectivity index (χ3v) is 4.82. The zero-order valence-electron chi connectivity index (χ0n) is 15.8. The van der Waals surface area contributed by atoms with E-state index in [1.165, 1.54) is 0 Å². The van der Waals surface area contributed by atoms with Crippen molar-refractivity contribution in [1.82, 2.24) is 9.55 Å². The number of halogens is 1. The normalized spacial score (nSPS) is 10.9. The van der Waals surface area contributed by atoms with Crippen LogP contribution in [0.4, 0.5) is 0 Å². The van der Waals surface area contributed by atoms with Gasteiger partial charge in [-0.1, -0.05) is 23.7 Å². The van der Waals surface area contributed by atoms with Crippen LogP contribution >= 0.6 is 11.6 Å². The van der Waals surface area contributed by atoms with Crippen molar-refractivity contribution in [3.8, 4) is 34.3 Å². The number of hydrogen-bond donors (Lipinski definition) is 0. The monoisotopic (exact) mass is 394 g/mol. The highest BCUT2D eigenvalue weighted by molar-refractivity contribution is 6.30. The number of ether oxygens (including phenoxy) is 3. The van der Waals surface area contributed by atoms with Crippen LogP contribution in [0.15, 0.2) is 60.7 Å². The van der Waals surface area contributed by atoms with Crippen LogP contribution in [0, 0.1) is 0 Å². The van der Waals surface area contributed by atoms with Gasteiger partial charge in [-0.3, -0.25) is 4.57 Å². The second-order valence-corrected chi connectivity index (χ2v) is 6.59. The lowest BCUT2D eigenvalue weighted by molar-refractivity contribution is 0.324. The van der Waals surface area contributed by atoms with Crippen LogP contribution in [0.25, 0.3) is 28.1 Å². The first-order valence-electron chi connectivity index (χ1n) is 8.70. The molecule has 0 N–H and O–H groups in total. The van der Waals surface area contributed by atoms with Gasteiger partial charge < -0.3 is 14.2 Å². The Morgan fingerprint density at radius 2 is 1.46 bits per heavy atom. The molecule has 0 spiro atoms. The number of para-hydroxylation sites is 2. The number of nitrogens with zero attached hydrogens (tertiary/aromatic N) is 2. The maximum absolute atomic E-state index is 6.07. The maximum atomic E-state index is 6.07. The average molecular weight is 395 g/mol. The van der Waals surface area contributed by atoms with Crippen molar-refractivity contribution < 1.29 is 14.2 Å². The summed E-state index contributed by atoms with van der Waals surface area (Å²) in [6.45, 7) is 0. The van der Waals surface area contributed by atoms with Crippen molar-refractivity contribution in [2.24, 2.45) is 0 Å². The zero-order valence-corrected chi connectivity index (χ0v) is 16.5. The molecule has 4 aromatic rings. The van der Waals surface area contributed by atoms with E-state index in [1.807, 2.05) is 60.7 Å². The van der Waals surface area contributed by atoms with Gasteiger partial charge in [0.1, 0.15) is 5.82 Å². The van der Waals surface area contributed by atoms with Crippen molar-refractivity contribution in [3.05, 3.63) is 65.7 Å². The summed E-state index contributed by atoms with van der Waals surface area (Å²) < 4.78 is 18.6. The van der Waals surface area contributed by atoms with Crippen molar-refractivity contribution in [1.29, 1.82) is 0 Å². The van der Waals surface area contributed by atoms with Crippen molar-refractivity contribution in [3.63, 3.8) is 0 Å². The molecule has 0 amide bonds. The molecular formula is C22H19ClN2O3. The van der Waals surface area contributed by atoms with E-state index >= 15 is 0 Å². The van der Waals surface area contributed by atoms with Gasteiger partial charge in [0.15, 0.2) is 11.5 Å². The summed E-state index contributed by atoms with van der Waals surface area (Å²) in [5.41, 5.74) is 3.67. The van der Waals surface area contributed by atoms with Gasteiger partial charge in [0.05, 0.1) is 38.1 Å². The molecule has 4 rings (SSSR count). The third kappa shape index (κ3) is 3.04. The fourth-order valence-corrected chi connectivity index (χ4v) is 3.40. The molecule has 0 unspecified atom stereocenters. The number of aromatic nitrogens is 2. The van der Waals surface area contributed by atoms with Gasteiger partial charge in [-0.05, 0) is 36.4 Å². The van der Waals surface area contributed by atoms with E-state index in [2.05, 4.69) is 4.57 Å².